The molecule has 0 saturated carbocycles. The predicted molar refractivity (Wildman–Crippen MR) is 46.9 cm³/mol. The third-order valence-electron chi connectivity index (χ3n) is 2.23. The first kappa shape index (κ1) is 6.53. The Bertz CT molecular complexity index is 393. The van der Waals surface area contributed by atoms with Crippen LogP contribution in [0.5, 0.6) is 0 Å². The first-order valence-electron chi connectivity index (χ1n) is 3.83. The fourth-order valence-electron chi connectivity index (χ4n) is 1.47. The molecule has 0 saturated heterocycles. The normalized spacial score (nSPS) is 11.2. The zero-order valence-electron chi connectivity index (χ0n) is 7.08. The van der Waals surface area contributed by atoms with Gasteiger partial charge >= 0.3 is 0 Å². The average molecular weight is 148 g/mol. The van der Waals surface area contributed by atoms with Crippen LogP contribution < -0.4 is 0 Å². The molecule has 0 atom stereocenters. The van der Waals surface area contributed by atoms with Crippen LogP contribution in [0.15, 0.2) is 6.07 Å². The predicted octanol–water partition coefficient (Wildman–Crippen LogP) is 2.42. The molecule has 2 aromatic rings. The summed E-state index contributed by atoms with van der Waals surface area (Å²) in [7, 11) is 0. The Balaban J connectivity index is 2.88. The molecule has 0 aliphatic heterocycles. The van der Waals surface area contributed by atoms with Crippen molar-refractivity contribution in [2.24, 2.45) is 0 Å². The van der Waals surface area contributed by atoms with Gasteiger partial charge in [-0.3, -0.25) is 0 Å². The second-order valence-electron chi connectivity index (χ2n) is 3.12. The van der Waals surface area contributed by atoms with Gasteiger partial charge in [0.25, 0.3) is 0 Å². The molecule has 0 radical (unpaired) electrons. The highest BCUT2D eigenvalue weighted by atomic mass is 14.9. The number of aryl methyl sites for hydroxylation is 3. The monoisotopic (exact) mass is 148 g/mol. The fraction of sp³-hybridized carbons (Fsp3) is 0.333. The standard InChI is InChI=1S/C9H12N2/c1-5-4-8-6(2)7(3)11-9(8)10-5/h4,10-11H,1-3H3. The summed E-state index contributed by atoms with van der Waals surface area (Å²) in [6, 6.07) is 2.17. The topological polar surface area (TPSA) is 31.6 Å². The van der Waals surface area contributed by atoms with Crippen LogP contribution >= 0.6 is 0 Å². The first-order chi connectivity index (χ1) is 5.18. The lowest BCUT2D eigenvalue weighted by Gasteiger charge is -1.86. The summed E-state index contributed by atoms with van der Waals surface area (Å²) in [5.41, 5.74) is 4.97. The van der Waals surface area contributed by atoms with E-state index in [1.54, 1.807) is 0 Å². The SMILES string of the molecule is Cc1cc2c(C)c(C)[nH]c2[nH]1. The van der Waals surface area contributed by atoms with Gasteiger partial charge in [-0.15, -0.1) is 0 Å². The maximum Gasteiger partial charge on any atom is 0.115 e. The van der Waals surface area contributed by atoms with E-state index in [9.17, 15) is 0 Å². The lowest BCUT2D eigenvalue weighted by Crippen LogP contribution is -1.74. The molecular formula is C9H12N2. The van der Waals surface area contributed by atoms with Crippen molar-refractivity contribution in [1.82, 2.24) is 9.97 Å². The van der Waals surface area contributed by atoms with E-state index in [1.807, 2.05) is 0 Å². The number of H-pyrrole nitrogens is 2. The molecule has 11 heavy (non-hydrogen) atoms. The second kappa shape index (κ2) is 1.91. The first-order valence-corrected chi connectivity index (χ1v) is 3.83. The Morgan fingerprint density at radius 1 is 1.09 bits per heavy atom. The van der Waals surface area contributed by atoms with Crippen molar-refractivity contribution in [3.05, 3.63) is 23.0 Å². The molecule has 0 bridgehead atoms. The maximum atomic E-state index is 3.29. The van der Waals surface area contributed by atoms with Crippen LogP contribution in [0.1, 0.15) is 17.0 Å². The average Bonchev–Trinajstić information content (AvgIpc) is 2.37. The van der Waals surface area contributed by atoms with Gasteiger partial charge in [0, 0.05) is 16.8 Å². The van der Waals surface area contributed by atoms with Crippen LogP contribution in [-0.2, 0) is 0 Å². The highest BCUT2D eigenvalue weighted by molar-refractivity contribution is 5.82. The molecule has 2 nitrogen and oxygen atoms in total. The summed E-state index contributed by atoms with van der Waals surface area (Å²) in [6.45, 7) is 6.31. The van der Waals surface area contributed by atoms with Crippen molar-refractivity contribution in [1.29, 1.82) is 0 Å². The van der Waals surface area contributed by atoms with Gasteiger partial charge in [-0.05, 0) is 32.4 Å². The molecule has 2 heteroatoms. The molecule has 0 aromatic carbocycles. The maximum absolute atomic E-state index is 3.29. The summed E-state index contributed by atoms with van der Waals surface area (Å²) in [4.78, 5) is 6.56. The zero-order chi connectivity index (χ0) is 8.01. The number of hydrogen-bond donors (Lipinski definition) is 2. The molecule has 0 unspecified atom stereocenters. The van der Waals surface area contributed by atoms with E-state index in [0.717, 1.165) is 5.65 Å². The van der Waals surface area contributed by atoms with Crippen LogP contribution in [0.2, 0.25) is 0 Å². The van der Waals surface area contributed by atoms with Gasteiger partial charge in [0.1, 0.15) is 5.65 Å². The van der Waals surface area contributed by atoms with Crippen LogP contribution in [0.4, 0.5) is 0 Å². The summed E-state index contributed by atoms with van der Waals surface area (Å²) < 4.78 is 0. The second-order valence-corrected chi connectivity index (χ2v) is 3.12. The molecule has 0 aliphatic carbocycles. The van der Waals surface area contributed by atoms with Gasteiger partial charge in [0.05, 0.1) is 0 Å². The molecule has 2 aromatic heterocycles. The Morgan fingerprint density at radius 3 is 2.45 bits per heavy atom. The summed E-state index contributed by atoms with van der Waals surface area (Å²) in [6.07, 6.45) is 0. The largest absolute Gasteiger partial charge is 0.345 e. The van der Waals surface area contributed by atoms with Crippen molar-refractivity contribution in [2.75, 3.05) is 0 Å². The number of aromatic amines is 2. The molecule has 58 valence electrons. The minimum absolute atomic E-state index is 1.15. The van der Waals surface area contributed by atoms with Gasteiger partial charge in [0.2, 0.25) is 0 Å². The molecule has 0 amide bonds. The van der Waals surface area contributed by atoms with Crippen molar-refractivity contribution < 1.29 is 0 Å². The van der Waals surface area contributed by atoms with E-state index < -0.39 is 0 Å². The molecular weight excluding hydrogens is 136 g/mol. The Hall–Kier alpha value is -1.18. The van der Waals surface area contributed by atoms with E-state index in [-0.39, 0.29) is 0 Å². The van der Waals surface area contributed by atoms with Crippen molar-refractivity contribution in [3.63, 3.8) is 0 Å². The number of aromatic nitrogens is 2. The van der Waals surface area contributed by atoms with Crippen molar-refractivity contribution in [3.8, 4) is 0 Å². The number of nitrogens with one attached hydrogen (secondary N) is 2. The molecule has 2 N–H and O–H groups in total. The lowest BCUT2D eigenvalue weighted by atomic mass is 10.2. The third-order valence-corrected chi connectivity index (χ3v) is 2.23. The fourth-order valence-corrected chi connectivity index (χ4v) is 1.47. The zero-order valence-corrected chi connectivity index (χ0v) is 7.08. The Labute approximate surface area is 65.6 Å². The highest BCUT2D eigenvalue weighted by Gasteiger charge is 2.04. The molecule has 0 spiro atoms. The number of fused-ring (bicyclic) bond motifs is 1. The van der Waals surface area contributed by atoms with Crippen LogP contribution in [-0.4, -0.2) is 9.97 Å². The van der Waals surface area contributed by atoms with E-state index >= 15 is 0 Å². The quantitative estimate of drug-likeness (QED) is 0.575. The molecule has 0 aliphatic rings. The third kappa shape index (κ3) is 0.788. The summed E-state index contributed by atoms with van der Waals surface area (Å²) >= 11 is 0. The van der Waals surface area contributed by atoms with Gasteiger partial charge in [-0.2, -0.15) is 0 Å². The molecule has 2 rings (SSSR count). The van der Waals surface area contributed by atoms with Crippen LogP contribution in [0.3, 0.4) is 0 Å². The van der Waals surface area contributed by atoms with E-state index in [4.69, 9.17) is 0 Å². The number of rotatable bonds is 0. The highest BCUT2D eigenvalue weighted by Crippen LogP contribution is 2.20. The van der Waals surface area contributed by atoms with Gasteiger partial charge < -0.3 is 9.97 Å². The van der Waals surface area contributed by atoms with Crippen LogP contribution in [0.25, 0.3) is 11.0 Å². The molecule has 0 fully saturated rings. The van der Waals surface area contributed by atoms with Gasteiger partial charge in [-0.1, -0.05) is 0 Å². The van der Waals surface area contributed by atoms with Crippen molar-refractivity contribution >= 4 is 11.0 Å². The molecule has 2 heterocycles. The summed E-state index contributed by atoms with van der Waals surface area (Å²) in [5, 5.41) is 1.32. The number of hydrogen-bond acceptors (Lipinski definition) is 0. The van der Waals surface area contributed by atoms with E-state index in [2.05, 4.69) is 36.8 Å². The van der Waals surface area contributed by atoms with E-state index in [1.165, 1.54) is 22.3 Å². The van der Waals surface area contributed by atoms with Crippen molar-refractivity contribution in [2.45, 2.75) is 20.8 Å². The van der Waals surface area contributed by atoms with Crippen LogP contribution in [0, 0.1) is 20.8 Å². The van der Waals surface area contributed by atoms with Gasteiger partial charge in [0.15, 0.2) is 0 Å². The van der Waals surface area contributed by atoms with Gasteiger partial charge in [-0.25, -0.2) is 0 Å². The summed E-state index contributed by atoms with van der Waals surface area (Å²) in [5.74, 6) is 0. The Kier molecular flexibility index (Phi) is 1.13. The smallest absolute Gasteiger partial charge is 0.115 e. The minimum Gasteiger partial charge on any atom is -0.345 e. The Morgan fingerprint density at radius 2 is 1.82 bits per heavy atom. The lowest BCUT2D eigenvalue weighted by molar-refractivity contribution is 1.20. The minimum atomic E-state index is 1.15. The van der Waals surface area contributed by atoms with E-state index in [0.29, 0.717) is 0 Å².